The van der Waals surface area contributed by atoms with E-state index in [1.54, 1.807) is 50.6 Å². The van der Waals surface area contributed by atoms with E-state index < -0.39 is 0 Å². The van der Waals surface area contributed by atoms with Gasteiger partial charge < -0.3 is 25.0 Å². The van der Waals surface area contributed by atoms with E-state index in [-0.39, 0.29) is 11.5 Å². The number of hydrogen-bond donors (Lipinski definition) is 3. The third-order valence-corrected chi connectivity index (χ3v) is 3.20. The van der Waals surface area contributed by atoms with E-state index in [1.165, 1.54) is 0 Å². The molecule has 0 radical (unpaired) electrons. The van der Waals surface area contributed by atoms with Crippen LogP contribution < -0.4 is 14.8 Å². The fourth-order valence-corrected chi connectivity index (χ4v) is 1.99. The van der Waals surface area contributed by atoms with E-state index >= 15 is 0 Å². The smallest absolute Gasteiger partial charge is 0.120 e. The second kappa shape index (κ2) is 6.85. The molecule has 2 aromatic rings. The van der Waals surface area contributed by atoms with Crippen molar-refractivity contribution < 1.29 is 19.7 Å². The van der Waals surface area contributed by atoms with Crippen molar-refractivity contribution in [2.75, 3.05) is 14.2 Å². The molecule has 21 heavy (non-hydrogen) atoms. The Hall–Kier alpha value is -2.40. The van der Waals surface area contributed by atoms with Gasteiger partial charge in [0.2, 0.25) is 0 Å². The molecule has 0 fully saturated rings. The Morgan fingerprint density at radius 3 is 1.62 bits per heavy atom. The summed E-state index contributed by atoms with van der Waals surface area (Å²) in [5.41, 5.74) is 1.47. The summed E-state index contributed by atoms with van der Waals surface area (Å²) in [4.78, 5) is 0. The molecular formula is C16H19NO4. The lowest BCUT2D eigenvalue weighted by Crippen LogP contribution is -2.13. The van der Waals surface area contributed by atoms with Gasteiger partial charge in [-0.25, -0.2) is 0 Å². The molecule has 0 unspecified atom stereocenters. The molecule has 0 saturated heterocycles. The molecule has 3 N–H and O–H groups in total. The monoisotopic (exact) mass is 289 g/mol. The average Bonchev–Trinajstić information content (AvgIpc) is 2.51. The van der Waals surface area contributed by atoms with Gasteiger partial charge in [-0.3, -0.25) is 0 Å². The highest BCUT2D eigenvalue weighted by Crippen LogP contribution is 2.24. The third kappa shape index (κ3) is 3.79. The summed E-state index contributed by atoms with van der Waals surface area (Å²) >= 11 is 0. The van der Waals surface area contributed by atoms with Crippen LogP contribution in [0.4, 0.5) is 0 Å². The highest BCUT2D eigenvalue weighted by Gasteiger charge is 2.06. The van der Waals surface area contributed by atoms with Gasteiger partial charge in [-0.1, -0.05) is 0 Å². The number of ether oxygens (including phenoxy) is 2. The van der Waals surface area contributed by atoms with Crippen molar-refractivity contribution in [2.45, 2.75) is 13.1 Å². The first-order valence-corrected chi connectivity index (χ1v) is 6.56. The zero-order valence-electron chi connectivity index (χ0n) is 12.1. The van der Waals surface area contributed by atoms with Gasteiger partial charge in [0, 0.05) is 24.2 Å². The summed E-state index contributed by atoms with van der Waals surface area (Å²) in [5, 5.41) is 22.8. The molecular weight excluding hydrogens is 270 g/mol. The maximum absolute atomic E-state index is 9.80. The van der Waals surface area contributed by atoms with E-state index in [0.717, 1.165) is 11.1 Å². The van der Waals surface area contributed by atoms with Crippen molar-refractivity contribution in [2.24, 2.45) is 0 Å². The number of rotatable bonds is 6. The van der Waals surface area contributed by atoms with Crippen LogP contribution in [0.1, 0.15) is 11.1 Å². The Labute approximate surface area is 123 Å². The van der Waals surface area contributed by atoms with Crippen LogP contribution in [0.25, 0.3) is 0 Å². The topological polar surface area (TPSA) is 71.0 Å². The SMILES string of the molecule is COc1ccc(O)c(CNCc2cc(OC)ccc2O)c1. The number of phenolic OH excluding ortho intramolecular Hbond substituents is 2. The van der Waals surface area contributed by atoms with Gasteiger partial charge in [0.05, 0.1) is 14.2 Å². The molecule has 0 amide bonds. The molecule has 0 atom stereocenters. The summed E-state index contributed by atoms with van der Waals surface area (Å²) in [6.07, 6.45) is 0. The molecule has 0 heterocycles. The first-order chi connectivity index (χ1) is 10.1. The summed E-state index contributed by atoms with van der Waals surface area (Å²) in [6, 6.07) is 10.1. The maximum atomic E-state index is 9.80. The Balaban J connectivity index is 2.01. The standard InChI is InChI=1S/C16H19NO4/c1-20-13-3-5-15(18)11(7-13)9-17-10-12-8-14(21-2)4-6-16(12)19/h3-8,17-19H,9-10H2,1-2H3. The van der Waals surface area contributed by atoms with Crippen LogP contribution in [0.2, 0.25) is 0 Å². The molecule has 0 bridgehead atoms. The molecule has 0 saturated carbocycles. The number of phenols is 2. The molecule has 5 nitrogen and oxygen atoms in total. The van der Waals surface area contributed by atoms with Crippen LogP contribution >= 0.6 is 0 Å². The molecule has 5 heteroatoms. The minimum atomic E-state index is 0.207. The van der Waals surface area contributed by atoms with Gasteiger partial charge in [0.25, 0.3) is 0 Å². The Kier molecular flexibility index (Phi) is 4.90. The van der Waals surface area contributed by atoms with Gasteiger partial charge >= 0.3 is 0 Å². The number of nitrogens with one attached hydrogen (secondary N) is 1. The van der Waals surface area contributed by atoms with Crippen molar-refractivity contribution in [1.29, 1.82) is 0 Å². The van der Waals surface area contributed by atoms with Crippen LogP contribution in [0, 0.1) is 0 Å². The number of benzene rings is 2. The number of aromatic hydroxyl groups is 2. The second-order valence-corrected chi connectivity index (χ2v) is 4.59. The van der Waals surface area contributed by atoms with E-state index in [0.29, 0.717) is 24.6 Å². The van der Waals surface area contributed by atoms with Gasteiger partial charge in [-0.05, 0) is 36.4 Å². The van der Waals surface area contributed by atoms with Crippen LogP contribution in [0.15, 0.2) is 36.4 Å². The van der Waals surface area contributed by atoms with Crippen LogP contribution in [-0.4, -0.2) is 24.4 Å². The van der Waals surface area contributed by atoms with Crippen molar-refractivity contribution in [3.8, 4) is 23.0 Å². The van der Waals surface area contributed by atoms with Crippen LogP contribution in [0.5, 0.6) is 23.0 Å². The maximum Gasteiger partial charge on any atom is 0.120 e. The van der Waals surface area contributed by atoms with Crippen molar-refractivity contribution in [3.05, 3.63) is 47.5 Å². The zero-order chi connectivity index (χ0) is 15.2. The van der Waals surface area contributed by atoms with Crippen LogP contribution in [0.3, 0.4) is 0 Å². The van der Waals surface area contributed by atoms with E-state index in [2.05, 4.69) is 5.32 Å². The lowest BCUT2D eigenvalue weighted by molar-refractivity contribution is 0.408. The molecule has 0 aliphatic rings. The molecule has 0 aromatic heterocycles. The predicted molar refractivity (Wildman–Crippen MR) is 79.9 cm³/mol. The Bertz CT molecular complexity index is 560. The summed E-state index contributed by atoms with van der Waals surface area (Å²) in [6.45, 7) is 0.916. The first-order valence-electron chi connectivity index (χ1n) is 6.56. The van der Waals surface area contributed by atoms with Gasteiger partial charge in [0.15, 0.2) is 0 Å². The minimum Gasteiger partial charge on any atom is -0.508 e. The first kappa shape index (κ1) is 15.0. The zero-order valence-corrected chi connectivity index (χ0v) is 12.1. The Morgan fingerprint density at radius 2 is 1.24 bits per heavy atom. The van der Waals surface area contributed by atoms with Crippen molar-refractivity contribution in [3.63, 3.8) is 0 Å². The van der Waals surface area contributed by atoms with Gasteiger partial charge in [-0.2, -0.15) is 0 Å². The largest absolute Gasteiger partial charge is 0.508 e. The highest BCUT2D eigenvalue weighted by molar-refractivity contribution is 5.40. The van der Waals surface area contributed by atoms with Crippen molar-refractivity contribution in [1.82, 2.24) is 5.32 Å². The lowest BCUT2D eigenvalue weighted by atomic mass is 10.1. The van der Waals surface area contributed by atoms with Gasteiger partial charge in [0.1, 0.15) is 23.0 Å². The minimum absolute atomic E-state index is 0.207. The summed E-state index contributed by atoms with van der Waals surface area (Å²) in [5.74, 6) is 1.79. The summed E-state index contributed by atoms with van der Waals surface area (Å²) in [7, 11) is 3.16. The molecule has 2 rings (SSSR count). The highest BCUT2D eigenvalue weighted by atomic mass is 16.5. The number of methoxy groups -OCH3 is 2. The van der Waals surface area contributed by atoms with Gasteiger partial charge in [-0.15, -0.1) is 0 Å². The predicted octanol–water partition coefficient (Wildman–Crippen LogP) is 2.40. The van der Waals surface area contributed by atoms with E-state index in [4.69, 9.17) is 9.47 Å². The van der Waals surface area contributed by atoms with Crippen LogP contribution in [-0.2, 0) is 13.1 Å². The normalized spacial score (nSPS) is 10.4. The molecule has 0 aliphatic heterocycles. The fourth-order valence-electron chi connectivity index (χ4n) is 1.99. The second-order valence-electron chi connectivity index (χ2n) is 4.59. The average molecular weight is 289 g/mol. The lowest BCUT2D eigenvalue weighted by Gasteiger charge is -2.10. The molecule has 0 spiro atoms. The summed E-state index contributed by atoms with van der Waals surface area (Å²) < 4.78 is 10.3. The third-order valence-electron chi connectivity index (χ3n) is 3.20. The molecule has 112 valence electrons. The van der Waals surface area contributed by atoms with E-state index in [9.17, 15) is 10.2 Å². The molecule has 2 aromatic carbocycles. The van der Waals surface area contributed by atoms with Crippen molar-refractivity contribution >= 4 is 0 Å². The quantitative estimate of drug-likeness (QED) is 0.761. The number of hydrogen-bond acceptors (Lipinski definition) is 5. The van der Waals surface area contributed by atoms with E-state index in [1.807, 2.05) is 0 Å². The molecule has 0 aliphatic carbocycles. The Morgan fingerprint density at radius 1 is 0.810 bits per heavy atom. The fraction of sp³-hybridized carbons (Fsp3) is 0.250.